The SMILES string of the molecule is OCCOC1CCN(c2nc3sccn3c2CO)CC1. The van der Waals surface area contributed by atoms with Crippen LogP contribution in [0.15, 0.2) is 11.6 Å². The standard InChI is InChI=1S/C13H19N3O3S/c17-6-7-19-10-1-3-15(4-2-10)12-11(9-18)16-5-8-20-13(16)14-12/h5,8,10,17-18H,1-4,6-7,9H2. The molecule has 0 atom stereocenters. The van der Waals surface area contributed by atoms with Gasteiger partial charge in [0.1, 0.15) is 0 Å². The molecule has 3 rings (SSSR count). The van der Waals surface area contributed by atoms with Crippen LogP contribution in [0.25, 0.3) is 4.96 Å². The van der Waals surface area contributed by atoms with Crippen LogP contribution in [-0.4, -0.2) is 52.0 Å². The number of anilines is 1. The van der Waals surface area contributed by atoms with Crippen molar-refractivity contribution in [1.82, 2.24) is 9.38 Å². The molecular weight excluding hydrogens is 278 g/mol. The fraction of sp³-hybridized carbons (Fsp3) is 0.615. The van der Waals surface area contributed by atoms with Crippen molar-refractivity contribution in [3.05, 3.63) is 17.3 Å². The van der Waals surface area contributed by atoms with Gasteiger partial charge in [0.2, 0.25) is 0 Å². The highest BCUT2D eigenvalue weighted by Gasteiger charge is 2.24. The number of imidazole rings is 1. The first-order chi connectivity index (χ1) is 9.83. The molecule has 0 aliphatic carbocycles. The number of hydrogen-bond acceptors (Lipinski definition) is 6. The summed E-state index contributed by atoms with van der Waals surface area (Å²) in [4.78, 5) is 7.75. The molecule has 1 aliphatic rings. The molecule has 2 aromatic heterocycles. The van der Waals surface area contributed by atoms with Crippen LogP contribution in [0.4, 0.5) is 5.82 Å². The lowest BCUT2D eigenvalue weighted by molar-refractivity contribution is 0.0158. The molecule has 0 saturated carbocycles. The van der Waals surface area contributed by atoms with Gasteiger partial charge in [-0.25, -0.2) is 4.98 Å². The van der Waals surface area contributed by atoms with E-state index in [2.05, 4.69) is 9.88 Å². The molecule has 0 spiro atoms. The zero-order chi connectivity index (χ0) is 13.9. The van der Waals surface area contributed by atoms with Crippen LogP contribution in [0.2, 0.25) is 0 Å². The Balaban J connectivity index is 1.71. The molecule has 6 nitrogen and oxygen atoms in total. The number of piperidine rings is 1. The van der Waals surface area contributed by atoms with Gasteiger partial charge >= 0.3 is 0 Å². The van der Waals surface area contributed by atoms with E-state index in [9.17, 15) is 5.11 Å². The predicted octanol–water partition coefficient (Wildman–Crippen LogP) is 0.866. The Bertz CT molecular complexity index is 560. The predicted molar refractivity (Wildman–Crippen MR) is 77.3 cm³/mol. The fourth-order valence-corrected chi connectivity index (χ4v) is 3.40. The highest BCUT2D eigenvalue weighted by atomic mass is 32.1. The first-order valence-electron chi connectivity index (χ1n) is 6.86. The number of hydrogen-bond donors (Lipinski definition) is 2. The monoisotopic (exact) mass is 297 g/mol. The highest BCUT2D eigenvalue weighted by Crippen LogP contribution is 2.27. The van der Waals surface area contributed by atoms with Crippen molar-refractivity contribution in [3.63, 3.8) is 0 Å². The van der Waals surface area contributed by atoms with Crippen molar-refractivity contribution in [1.29, 1.82) is 0 Å². The smallest absolute Gasteiger partial charge is 0.195 e. The summed E-state index contributed by atoms with van der Waals surface area (Å²) in [6.45, 7) is 2.22. The average Bonchev–Trinajstić information content (AvgIpc) is 3.05. The van der Waals surface area contributed by atoms with Crippen LogP contribution in [0, 0.1) is 0 Å². The number of nitrogens with zero attached hydrogens (tertiary/aromatic N) is 3. The van der Waals surface area contributed by atoms with Gasteiger partial charge in [-0.1, -0.05) is 0 Å². The number of fused-ring (bicyclic) bond motifs is 1. The zero-order valence-electron chi connectivity index (χ0n) is 11.2. The summed E-state index contributed by atoms with van der Waals surface area (Å²) in [5.74, 6) is 0.889. The number of rotatable bonds is 5. The summed E-state index contributed by atoms with van der Waals surface area (Å²) in [6, 6.07) is 0. The minimum atomic E-state index is -0.00578. The van der Waals surface area contributed by atoms with Crippen LogP contribution in [0.3, 0.4) is 0 Å². The number of aromatic nitrogens is 2. The summed E-state index contributed by atoms with van der Waals surface area (Å²) in [7, 11) is 0. The van der Waals surface area contributed by atoms with E-state index in [4.69, 9.17) is 9.84 Å². The van der Waals surface area contributed by atoms with E-state index in [1.807, 2.05) is 16.0 Å². The molecule has 1 fully saturated rings. The van der Waals surface area contributed by atoms with Gasteiger partial charge in [0.25, 0.3) is 0 Å². The van der Waals surface area contributed by atoms with Crippen molar-refractivity contribution < 1.29 is 14.9 Å². The van der Waals surface area contributed by atoms with Crippen LogP contribution in [-0.2, 0) is 11.3 Å². The van der Waals surface area contributed by atoms with Crippen LogP contribution in [0.1, 0.15) is 18.5 Å². The third kappa shape index (κ3) is 2.54. The second kappa shape index (κ2) is 6.09. The number of aliphatic hydroxyl groups excluding tert-OH is 2. The van der Waals surface area contributed by atoms with Crippen molar-refractivity contribution in [2.24, 2.45) is 0 Å². The van der Waals surface area contributed by atoms with Gasteiger partial charge in [-0.05, 0) is 12.8 Å². The molecule has 20 heavy (non-hydrogen) atoms. The molecular formula is C13H19N3O3S. The molecule has 0 aromatic carbocycles. The maximum atomic E-state index is 9.59. The lowest BCUT2D eigenvalue weighted by atomic mass is 10.1. The molecule has 2 aromatic rings. The van der Waals surface area contributed by atoms with Gasteiger partial charge < -0.3 is 19.8 Å². The lowest BCUT2D eigenvalue weighted by Crippen LogP contribution is -2.38. The van der Waals surface area contributed by atoms with E-state index in [1.165, 1.54) is 0 Å². The number of aliphatic hydroxyl groups is 2. The zero-order valence-corrected chi connectivity index (χ0v) is 12.1. The van der Waals surface area contributed by atoms with E-state index in [-0.39, 0.29) is 19.3 Å². The maximum Gasteiger partial charge on any atom is 0.195 e. The van der Waals surface area contributed by atoms with E-state index in [1.54, 1.807) is 11.3 Å². The second-order valence-electron chi connectivity index (χ2n) is 4.88. The van der Waals surface area contributed by atoms with Crippen molar-refractivity contribution in [2.45, 2.75) is 25.6 Å². The molecule has 2 N–H and O–H groups in total. The fourth-order valence-electron chi connectivity index (χ4n) is 2.67. The number of ether oxygens (including phenoxy) is 1. The second-order valence-corrected chi connectivity index (χ2v) is 5.75. The van der Waals surface area contributed by atoms with Crippen molar-refractivity contribution >= 4 is 22.1 Å². The highest BCUT2D eigenvalue weighted by molar-refractivity contribution is 7.15. The third-order valence-electron chi connectivity index (χ3n) is 3.68. The van der Waals surface area contributed by atoms with Gasteiger partial charge in [0, 0.05) is 24.7 Å². The van der Waals surface area contributed by atoms with Gasteiger partial charge in [0.15, 0.2) is 10.8 Å². The largest absolute Gasteiger partial charge is 0.394 e. The molecule has 0 radical (unpaired) electrons. The topological polar surface area (TPSA) is 70.2 Å². The Morgan fingerprint density at radius 3 is 2.85 bits per heavy atom. The average molecular weight is 297 g/mol. The van der Waals surface area contributed by atoms with Crippen LogP contribution in [0.5, 0.6) is 0 Å². The van der Waals surface area contributed by atoms with Gasteiger partial charge in [-0.3, -0.25) is 4.40 Å². The Hall–Kier alpha value is -1.15. The minimum Gasteiger partial charge on any atom is -0.394 e. The van der Waals surface area contributed by atoms with Gasteiger partial charge in [0.05, 0.1) is 31.6 Å². The summed E-state index contributed by atoms with van der Waals surface area (Å²) >= 11 is 1.57. The molecule has 1 aliphatic heterocycles. The maximum absolute atomic E-state index is 9.59. The van der Waals surface area contributed by atoms with Gasteiger partial charge in [-0.2, -0.15) is 0 Å². The normalized spacial score (nSPS) is 17.2. The molecule has 7 heteroatoms. The first kappa shape index (κ1) is 13.8. The Morgan fingerprint density at radius 2 is 2.15 bits per heavy atom. The molecule has 110 valence electrons. The molecule has 0 bridgehead atoms. The summed E-state index contributed by atoms with van der Waals surface area (Å²) < 4.78 is 7.52. The minimum absolute atomic E-state index is 0.00578. The number of thiazole rings is 1. The van der Waals surface area contributed by atoms with Crippen LogP contribution < -0.4 is 4.90 Å². The van der Waals surface area contributed by atoms with Crippen molar-refractivity contribution in [2.75, 3.05) is 31.2 Å². The third-order valence-corrected chi connectivity index (χ3v) is 4.43. The van der Waals surface area contributed by atoms with E-state index < -0.39 is 0 Å². The van der Waals surface area contributed by atoms with Crippen LogP contribution >= 0.6 is 11.3 Å². The lowest BCUT2D eigenvalue weighted by Gasteiger charge is -2.32. The quantitative estimate of drug-likeness (QED) is 0.857. The van der Waals surface area contributed by atoms with E-state index in [0.717, 1.165) is 42.4 Å². The summed E-state index contributed by atoms with van der Waals surface area (Å²) in [5, 5.41) is 20.3. The summed E-state index contributed by atoms with van der Waals surface area (Å²) in [5.41, 5.74) is 0.857. The first-order valence-corrected chi connectivity index (χ1v) is 7.74. The molecule has 3 heterocycles. The Kier molecular flexibility index (Phi) is 4.21. The van der Waals surface area contributed by atoms with Gasteiger partial charge in [-0.15, -0.1) is 11.3 Å². The molecule has 1 saturated heterocycles. The Morgan fingerprint density at radius 1 is 1.35 bits per heavy atom. The van der Waals surface area contributed by atoms with E-state index >= 15 is 0 Å². The molecule has 0 amide bonds. The molecule has 0 unspecified atom stereocenters. The summed E-state index contributed by atoms with van der Waals surface area (Å²) in [6.07, 6.45) is 4.02. The Labute approximate surface area is 121 Å². The van der Waals surface area contributed by atoms with Crippen molar-refractivity contribution in [3.8, 4) is 0 Å². The van der Waals surface area contributed by atoms with E-state index in [0.29, 0.717) is 6.61 Å².